The second-order valence-electron chi connectivity index (χ2n) is 6.61. The molecule has 148 valence electrons. The van der Waals surface area contributed by atoms with E-state index in [0.717, 1.165) is 17.0 Å². The summed E-state index contributed by atoms with van der Waals surface area (Å²) in [5.41, 5.74) is 3.05. The lowest BCUT2D eigenvalue weighted by atomic mass is 10.2. The number of carbonyl (C=O) groups is 1. The Labute approximate surface area is 174 Å². The standard InChI is InChI=1S/C22H20ClN3O3/c1-28-16-8-5-14(6-9-16)13-26-21(20-17(22(26)27)4-3-11-24-20)25-15-7-10-19(29-2)18(23)12-15/h3-12,21,25H,13H2,1-2H3/t21-/m0/s1. The molecular weight excluding hydrogens is 390 g/mol. The summed E-state index contributed by atoms with van der Waals surface area (Å²) in [6, 6.07) is 16.7. The number of aromatic nitrogens is 1. The molecule has 0 unspecified atom stereocenters. The van der Waals surface area contributed by atoms with Gasteiger partial charge in [0.05, 0.1) is 30.5 Å². The summed E-state index contributed by atoms with van der Waals surface area (Å²) in [4.78, 5) is 19.3. The van der Waals surface area contributed by atoms with Crippen LogP contribution in [0.4, 0.5) is 5.69 Å². The molecule has 0 fully saturated rings. The minimum absolute atomic E-state index is 0.0685. The van der Waals surface area contributed by atoms with Crippen molar-refractivity contribution in [3.05, 3.63) is 82.6 Å². The van der Waals surface area contributed by atoms with Crippen LogP contribution in [0, 0.1) is 0 Å². The summed E-state index contributed by atoms with van der Waals surface area (Å²) in [6.45, 7) is 0.431. The lowest BCUT2D eigenvalue weighted by Gasteiger charge is -2.27. The molecule has 4 rings (SSSR count). The number of nitrogens with one attached hydrogen (secondary N) is 1. The molecule has 29 heavy (non-hydrogen) atoms. The van der Waals surface area contributed by atoms with Gasteiger partial charge < -0.3 is 19.7 Å². The fourth-order valence-corrected chi connectivity index (χ4v) is 3.64. The highest BCUT2D eigenvalue weighted by molar-refractivity contribution is 6.32. The Morgan fingerprint density at radius 1 is 1.10 bits per heavy atom. The molecule has 0 bridgehead atoms. The van der Waals surface area contributed by atoms with Crippen LogP contribution in [0.3, 0.4) is 0 Å². The van der Waals surface area contributed by atoms with Gasteiger partial charge in [-0.2, -0.15) is 0 Å². The maximum Gasteiger partial charge on any atom is 0.258 e. The van der Waals surface area contributed by atoms with Gasteiger partial charge in [0.2, 0.25) is 0 Å². The third-order valence-corrected chi connectivity index (χ3v) is 5.16. The van der Waals surface area contributed by atoms with E-state index < -0.39 is 6.17 Å². The van der Waals surface area contributed by atoms with E-state index in [1.807, 2.05) is 30.3 Å². The van der Waals surface area contributed by atoms with Gasteiger partial charge in [0.25, 0.3) is 5.91 Å². The number of anilines is 1. The van der Waals surface area contributed by atoms with Crippen molar-refractivity contribution in [2.45, 2.75) is 12.7 Å². The van der Waals surface area contributed by atoms with Gasteiger partial charge in [-0.25, -0.2) is 0 Å². The molecule has 7 heteroatoms. The van der Waals surface area contributed by atoms with E-state index in [2.05, 4.69) is 10.3 Å². The molecule has 1 amide bonds. The zero-order chi connectivity index (χ0) is 20.4. The first-order chi connectivity index (χ1) is 14.1. The van der Waals surface area contributed by atoms with Crippen molar-refractivity contribution in [2.24, 2.45) is 0 Å². The van der Waals surface area contributed by atoms with E-state index in [1.165, 1.54) is 0 Å². The van der Waals surface area contributed by atoms with Crippen LogP contribution in [-0.4, -0.2) is 30.0 Å². The quantitative estimate of drug-likeness (QED) is 0.648. The number of rotatable bonds is 6. The average molecular weight is 410 g/mol. The van der Waals surface area contributed by atoms with Crippen molar-refractivity contribution in [3.63, 3.8) is 0 Å². The number of halogens is 1. The molecule has 0 spiro atoms. The highest BCUT2D eigenvalue weighted by Crippen LogP contribution is 2.36. The normalized spacial score (nSPS) is 15.2. The fraction of sp³-hybridized carbons (Fsp3) is 0.182. The molecule has 0 saturated heterocycles. The Bertz CT molecular complexity index is 1040. The number of benzene rings is 2. The average Bonchev–Trinajstić information content (AvgIpc) is 3.00. The number of hydrogen-bond acceptors (Lipinski definition) is 5. The van der Waals surface area contributed by atoms with Crippen molar-refractivity contribution >= 4 is 23.2 Å². The van der Waals surface area contributed by atoms with E-state index in [1.54, 1.807) is 49.6 Å². The molecule has 1 aliphatic rings. The fourth-order valence-electron chi connectivity index (χ4n) is 3.39. The highest BCUT2D eigenvalue weighted by Gasteiger charge is 2.37. The first-order valence-corrected chi connectivity index (χ1v) is 9.47. The smallest absolute Gasteiger partial charge is 0.258 e. The van der Waals surface area contributed by atoms with Gasteiger partial charge >= 0.3 is 0 Å². The van der Waals surface area contributed by atoms with Crippen LogP contribution in [0.25, 0.3) is 0 Å². The molecule has 6 nitrogen and oxygen atoms in total. The number of nitrogens with zero attached hydrogens (tertiary/aromatic N) is 2. The summed E-state index contributed by atoms with van der Waals surface area (Å²) in [7, 11) is 3.20. The van der Waals surface area contributed by atoms with Crippen LogP contribution in [-0.2, 0) is 6.54 Å². The lowest BCUT2D eigenvalue weighted by Crippen LogP contribution is -2.32. The summed E-state index contributed by atoms with van der Waals surface area (Å²) >= 11 is 6.27. The van der Waals surface area contributed by atoms with Crippen LogP contribution >= 0.6 is 11.6 Å². The summed E-state index contributed by atoms with van der Waals surface area (Å²) in [6.07, 6.45) is 1.28. The number of pyridine rings is 1. The molecule has 1 aromatic heterocycles. The predicted octanol–water partition coefficient (Wildman–Crippen LogP) is 4.52. The number of carbonyl (C=O) groups excluding carboxylic acids is 1. The maximum atomic E-state index is 13.1. The highest BCUT2D eigenvalue weighted by atomic mass is 35.5. The molecule has 0 aliphatic carbocycles. The minimum atomic E-state index is -0.412. The van der Waals surface area contributed by atoms with Gasteiger partial charge in [-0.15, -0.1) is 0 Å². The van der Waals surface area contributed by atoms with Gasteiger partial charge in [0.15, 0.2) is 0 Å². The Kier molecular flexibility index (Phi) is 5.27. The Morgan fingerprint density at radius 2 is 1.90 bits per heavy atom. The second kappa shape index (κ2) is 8.01. The Balaban J connectivity index is 1.65. The first kappa shape index (κ1) is 19.1. The van der Waals surface area contributed by atoms with Gasteiger partial charge in [-0.1, -0.05) is 23.7 Å². The van der Waals surface area contributed by atoms with Crippen LogP contribution in [0.2, 0.25) is 5.02 Å². The topological polar surface area (TPSA) is 63.7 Å². The molecule has 1 atom stereocenters. The molecule has 1 aliphatic heterocycles. The summed E-state index contributed by atoms with van der Waals surface area (Å²) < 4.78 is 10.4. The molecule has 0 saturated carbocycles. The van der Waals surface area contributed by atoms with Crippen LogP contribution in [0.5, 0.6) is 11.5 Å². The van der Waals surface area contributed by atoms with Gasteiger partial charge in [0, 0.05) is 18.4 Å². The van der Waals surface area contributed by atoms with Crippen molar-refractivity contribution in [3.8, 4) is 11.5 Å². The largest absolute Gasteiger partial charge is 0.497 e. The number of ether oxygens (including phenoxy) is 2. The van der Waals surface area contributed by atoms with E-state index in [9.17, 15) is 4.79 Å². The van der Waals surface area contributed by atoms with E-state index in [0.29, 0.717) is 28.6 Å². The van der Waals surface area contributed by atoms with Crippen molar-refractivity contribution in [1.82, 2.24) is 9.88 Å². The number of fused-ring (bicyclic) bond motifs is 1. The predicted molar refractivity (Wildman–Crippen MR) is 111 cm³/mol. The zero-order valence-corrected chi connectivity index (χ0v) is 16.8. The van der Waals surface area contributed by atoms with Gasteiger partial charge in [0.1, 0.15) is 17.7 Å². The van der Waals surface area contributed by atoms with Crippen LogP contribution in [0.15, 0.2) is 60.8 Å². The molecule has 0 radical (unpaired) electrons. The zero-order valence-electron chi connectivity index (χ0n) is 16.1. The lowest BCUT2D eigenvalue weighted by molar-refractivity contribution is 0.0727. The maximum absolute atomic E-state index is 13.1. The van der Waals surface area contributed by atoms with Gasteiger partial charge in [-0.05, 0) is 48.0 Å². The molecule has 1 N–H and O–H groups in total. The van der Waals surface area contributed by atoms with E-state index in [4.69, 9.17) is 21.1 Å². The molecular formula is C22H20ClN3O3. The molecule has 2 heterocycles. The van der Waals surface area contributed by atoms with Crippen LogP contribution in [0.1, 0.15) is 27.8 Å². The first-order valence-electron chi connectivity index (χ1n) is 9.09. The number of methoxy groups -OCH3 is 2. The van der Waals surface area contributed by atoms with Gasteiger partial charge in [-0.3, -0.25) is 9.78 Å². The van der Waals surface area contributed by atoms with E-state index in [-0.39, 0.29) is 5.91 Å². The second-order valence-corrected chi connectivity index (χ2v) is 7.02. The monoisotopic (exact) mass is 409 g/mol. The number of amides is 1. The third-order valence-electron chi connectivity index (χ3n) is 4.87. The summed E-state index contributed by atoms with van der Waals surface area (Å²) in [5.74, 6) is 1.29. The molecule has 3 aromatic rings. The Morgan fingerprint density at radius 3 is 2.59 bits per heavy atom. The van der Waals surface area contributed by atoms with Crippen molar-refractivity contribution < 1.29 is 14.3 Å². The number of hydrogen-bond donors (Lipinski definition) is 1. The van der Waals surface area contributed by atoms with Crippen molar-refractivity contribution in [1.29, 1.82) is 0 Å². The Hall–Kier alpha value is -3.25. The summed E-state index contributed by atoms with van der Waals surface area (Å²) in [5, 5.41) is 3.88. The van der Waals surface area contributed by atoms with Crippen LogP contribution < -0.4 is 14.8 Å². The van der Waals surface area contributed by atoms with Crippen molar-refractivity contribution in [2.75, 3.05) is 19.5 Å². The molecule has 2 aromatic carbocycles. The van der Waals surface area contributed by atoms with E-state index >= 15 is 0 Å². The third kappa shape index (κ3) is 3.71. The SMILES string of the molecule is COc1ccc(CN2C(=O)c3cccnc3[C@H]2Nc2ccc(OC)c(Cl)c2)cc1. The minimum Gasteiger partial charge on any atom is -0.497 e.